The lowest BCUT2D eigenvalue weighted by Crippen LogP contribution is -2.11. The zero-order valence-electron chi connectivity index (χ0n) is 9.60. The summed E-state index contributed by atoms with van der Waals surface area (Å²) in [7, 11) is -0.784. The van der Waals surface area contributed by atoms with Crippen LogP contribution in [0.4, 0.5) is 0 Å². The van der Waals surface area contributed by atoms with E-state index in [1.54, 1.807) is 6.20 Å². The van der Waals surface area contributed by atoms with Crippen molar-refractivity contribution in [2.45, 2.75) is 19.3 Å². The summed E-state index contributed by atoms with van der Waals surface area (Å²) in [5.74, 6) is 2.42. The average molecular weight is 272 g/mol. The molecule has 2 rings (SSSR count). The molecular weight excluding hydrogens is 258 g/mol. The zero-order valence-corrected chi connectivity index (χ0v) is 11.2. The Kier molecular flexibility index (Phi) is 4.12. The van der Waals surface area contributed by atoms with Gasteiger partial charge in [-0.1, -0.05) is 6.92 Å². The summed E-state index contributed by atoms with van der Waals surface area (Å²) >= 11 is 5.87. The van der Waals surface area contributed by atoms with Crippen LogP contribution < -0.4 is 0 Å². The van der Waals surface area contributed by atoms with Crippen LogP contribution in [0.15, 0.2) is 18.3 Å². The molecule has 0 aromatic carbocycles. The first kappa shape index (κ1) is 12.5. The molecule has 4 nitrogen and oxygen atoms in total. The van der Waals surface area contributed by atoms with E-state index in [-0.39, 0.29) is 0 Å². The number of fused-ring (bicyclic) bond motifs is 1. The molecule has 1 unspecified atom stereocenters. The Labute approximate surface area is 107 Å². The van der Waals surface area contributed by atoms with Crippen LogP contribution in [0.1, 0.15) is 12.7 Å². The molecule has 0 aliphatic rings. The molecule has 2 aromatic heterocycles. The first-order valence-electron chi connectivity index (χ1n) is 5.47. The van der Waals surface area contributed by atoms with Crippen LogP contribution in [0.2, 0.25) is 0 Å². The van der Waals surface area contributed by atoms with E-state index < -0.39 is 10.8 Å². The highest BCUT2D eigenvalue weighted by molar-refractivity contribution is 7.84. The second-order valence-corrected chi connectivity index (χ2v) is 5.72. The molecule has 0 saturated heterocycles. The van der Waals surface area contributed by atoms with Crippen molar-refractivity contribution in [3.63, 3.8) is 0 Å². The third-order valence-corrected chi connectivity index (χ3v) is 4.09. The number of halogens is 1. The number of rotatable bonds is 5. The zero-order chi connectivity index (χ0) is 12.3. The Morgan fingerprint density at radius 1 is 1.53 bits per heavy atom. The molecule has 0 amide bonds. The molecule has 2 heterocycles. The maximum Gasteiger partial charge on any atom is 0.160 e. The highest BCUT2D eigenvalue weighted by Gasteiger charge is 2.10. The van der Waals surface area contributed by atoms with Crippen LogP contribution in [0.25, 0.3) is 11.2 Å². The number of hydrogen-bond donors (Lipinski definition) is 0. The Morgan fingerprint density at radius 3 is 3.06 bits per heavy atom. The van der Waals surface area contributed by atoms with Gasteiger partial charge in [0.25, 0.3) is 0 Å². The highest BCUT2D eigenvalue weighted by Crippen LogP contribution is 2.15. The van der Waals surface area contributed by atoms with Crippen molar-refractivity contribution >= 4 is 33.6 Å². The third-order valence-electron chi connectivity index (χ3n) is 2.57. The second-order valence-electron chi connectivity index (χ2n) is 3.59. The summed E-state index contributed by atoms with van der Waals surface area (Å²) in [4.78, 5) is 8.70. The van der Waals surface area contributed by atoms with E-state index in [0.29, 0.717) is 23.9 Å². The number of hydrogen-bond acceptors (Lipinski definition) is 3. The van der Waals surface area contributed by atoms with Crippen LogP contribution in [-0.4, -0.2) is 30.2 Å². The minimum atomic E-state index is -0.784. The molecule has 0 fully saturated rings. The monoisotopic (exact) mass is 271 g/mol. The fraction of sp³-hybridized carbons (Fsp3) is 0.455. The number of pyridine rings is 1. The summed E-state index contributed by atoms with van der Waals surface area (Å²) in [6.45, 7) is 2.57. The predicted octanol–water partition coefficient (Wildman–Crippen LogP) is 1.94. The first-order chi connectivity index (χ1) is 8.26. The van der Waals surface area contributed by atoms with Crippen LogP contribution in [-0.2, 0) is 23.2 Å². The fourth-order valence-electron chi connectivity index (χ4n) is 1.68. The summed E-state index contributed by atoms with van der Waals surface area (Å²) in [6.07, 6.45) is 1.73. The largest absolute Gasteiger partial charge is 0.311 e. The lowest BCUT2D eigenvalue weighted by atomic mass is 10.4. The van der Waals surface area contributed by atoms with Crippen LogP contribution in [0.5, 0.6) is 0 Å². The van der Waals surface area contributed by atoms with Gasteiger partial charge in [0.05, 0.1) is 5.88 Å². The molecule has 1 atom stereocenters. The van der Waals surface area contributed by atoms with Gasteiger partial charge in [-0.25, -0.2) is 9.97 Å². The van der Waals surface area contributed by atoms with Gasteiger partial charge in [0.2, 0.25) is 0 Å². The number of aromatic nitrogens is 3. The van der Waals surface area contributed by atoms with Crippen molar-refractivity contribution < 1.29 is 4.21 Å². The van der Waals surface area contributed by atoms with Gasteiger partial charge in [-0.05, 0) is 12.1 Å². The average Bonchev–Trinajstić information content (AvgIpc) is 2.73. The van der Waals surface area contributed by atoms with E-state index >= 15 is 0 Å². The number of nitrogens with zero attached hydrogens (tertiary/aromatic N) is 3. The Bertz CT molecular complexity index is 540. The van der Waals surface area contributed by atoms with E-state index in [1.807, 2.05) is 23.6 Å². The minimum Gasteiger partial charge on any atom is -0.311 e. The minimum absolute atomic E-state index is 0.342. The number of imidazole rings is 1. The summed E-state index contributed by atoms with van der Waals surface area (Å²) in [6, 6.07) is 3.76. The van der Waals surface area contributed by atoms with Crippen LogP contribution in [0, 0.1) is 0 Å². The normalized spacial score (nSPS) is 13.1. The van der Waals surface area contributed by atoms with Gasteiger partial charge >= 0.3 is 0 Å². The fourth-order valence-corrected chi connectivity index (χ4v) is 2.56. The molecule has 0 spiro atoms. The van der Waals surface area contributed by atoms with E-state index in [1.165, 1.54) is 0 Å². The van der Waals surface area contributed by atoms with Crippen molar-refractivity contribution in [1.82, 2.24) is 14.5 Å². The van der Waals surface area contributed by atoms with Crippen molar-refractivity contribution in [3.05, 3.63) is 24.2 Å². The summed E-state index contributed by atoms with van der Waals surface area (Å²) in [5, 5.41) is 0. The van der Waals surface area contributed by atoms with Crippen molar-refractivity contribution in [3.8, 4) is 0 Å². The van der Waals surface area contributed by atoms with E-state index in [0.717, 1.165) is 17.0 Å². The predicted molar refractivity (Wildman–Crippen MR) is 70.6 cm³/mol. The van der Waals surface area contributed by atoms with Crippen molar-refractivity contribution in [2.75, 3.05) is 11.5 Å². The Hall–Kier alpha value is -0.940. The molecule has 2 aromatic rings. The Morgan fingerprint density at radius 2 is 2.35 bits per heavy atom. The summed E-state index contributed by atoms with van der Waals surface area (Å²) < 4.78 is 13.4. The topological polar surface area (TPSA) is 47.8 Å². The van der Waals surface area contributed by atoms with Gasteiger partial charge in [-0.2, -0.15) is 0 Å². The molecule has 6 heteroatoms. The summed E-state index contributed by atoms with van der Waals surface area (Å²) in [5.41, 5.74) is 1.65. The van der Waals surface area contributed by atoms with Gasteiger partial charge in [0.15, 0.2) is 5.65 Å². The van der Waals surface area contributed by atoms with Crippen molar-refractivity contribution in [1.29, 1.82) is 0 Å². The molecule has 0 aliphatic heterocycles. The molecule has 0 saturated carbocycles. The van der Waals surface area contributed by atoms with Gasteiger partial charge in [-0.15, -0.1) is 11.6 Å². The van der Waals surface area contributed by atoms with E-state index in [9.17, 15) is 4.21 Å². The van der Waals surface area contributed by atoms with E-state index in [2.05, 4.69) is 9.97 Å². The molecule has 0 radical (unpaired) electrons. The first-order valence-corrected chi connectivity index (χ1v) is 7.49. The second kappa shape index (κ2) is 5.60. The number of aryl methyl sites for hydroxylation is 1. The SMILES string of the molecule is CCS(=O)CCn1c(CCl)nc2cccnc21. The highest BCUT2D eigenvalue weighted by atomic mass is 35.5. The molecular formula is C11H14ClN3OS. The van der Waals surface area contributed by atoms with E-state index in [4.69, 9.17) is 11.6 Å². The molecule has 17 heavy (non-hydrogen) atoms. The molecule has 0 N–H and O–H groups in total. The standard InChI is InChI=1S/C11H14ClN3OS/c1-2-17(16)7-6-15-10(8-12)14-9-4-3-5-13-11(9)15/h3-5H,2,6-8H2,1H3. The molecule has 0 bridgehead atoms. The quantitative estimate of drug-likeness (QED) is 0.781. The van der Waals surface area contributed by atoms with Gasteiger partial charge in [0.1, 0.15) is 11.3 Å². The van der Waals surface area contributed by atoms with Gasteiger partial charge in [0, 0.05) is 35.0 Å². The van der Waals surface area contributed by atoms with Crippen molar-refractivity contribution in [2.24, 2.45) is 0 Å². The smallest absolute Gasteiger partial charge is 0.160 e. The van der Waals surface area contributed by atoms with Crippen LogP contribution >= 0.6 is 11.6 Å². The van der Waals surface area contributed by atoms with Crippen LogP contribution in [0.3, 0.4) is 0 Å². The van der Waals surface area contributed by atoms with Gasteiger partial charge < -0.3 is 4.57 Å². The molecule has 0 aliphatic carbocycles. The molecule has 92 valence electrons. The maximum absolute atomic E-state index is 11.5. The maximum atomic E-state index is 11.5. The lowest BCUT2D eigenvalue weighted by molar-refractivity contribution is 0.672. The third kappa shape index (κ3) is 2.66. The van der Waals surface area contributed by atoms with Gasteiger partial charge in [-0.3, -0.25) is 4.21 Å². The Balaban J connectivity index is 2.33. The number of alkyl halides is 1. The lowest BCUT2D eigenvalue weighted by Gasteiger charge is -2.05.